The Morgan fingerprint density at radius 3 is 2.58 bits per heavy atom. The quantitative estimate of drug-likeness (QED) is 0.855. The minimum atomic E-state index is -1.47. The molecular formula is C17H21F3N2O2. The number of benzene rings is 1. The number of likely N-dealkylation sites (N-methyl/N-ethyl adjacent to an activating group) is 1. The third-order valence-corrected chi connectivity index (χ3v) is 4.81. The molecule has 1 amide bonds. The molecule has 1 aromatic rings. The fourth-order valence-electron chi connectivity index (χ4n) is 3.61. The Bertz CT molecular complexity index is 597. The minimum absolute atomic E-state index is 0.191. The summed E-state index contributed by atoms with van der Waals surface area (Å²) in [6.07, 6.45) is 1.74. The molecule has 3 rings (SSSR count). The molecule has 2 aliphatic rings. The minimum Gasteiger partial charge on any atom is -0.368 e. The highest BCUT2D eigenvalue weighted by atomic mass is 19.2. The number of nitrogens with one attached hydrogen (secondary N) is 1. The van der Waals surface area contributed by atoms with E-state index >= 15 is 0 Å². The first-order chi connectivity index (χ1) is 11.5. The maximum atomic E-state index is 13.6. The van der Waals surface area contributed by atoms with Crippen molar-refractivity contribution in [3.63, 3.8) is 0 Å². The van der Waals surface area contributed by atoms with Gasteiger partial charge in [-0.1, -0.05) is 6.92 Å². The monoisotopic (exact) mass is 342 g/mol. The molecular weight excluding hydrogens is 321 g/mol. The van der Waals surface area contributed by atoms with E-state index in [2.05, 4.69) is 5.32 Å². The van der Waals surface area contributed by atoms with Crippen LogP contribution in [0.15, 0.2) is 12.1 Å². The molecule has 2 fully saturated rings. The molecule has 1 N–H and O–H groups in total. The van der Waals surface area contributed by atoms with Gasteiger partial charge in [0, 0.05) is 19.2 Å². The van der Waals surface area contributed by atoms with Gasteiger partial charge in [-0.15, -0.1) is 0 Å². The number of nitrogens with zero attached hydrogens (tertiary/aromatic N) is 1. The van der Waals surface area contributed by atoms with Crippen LogP contribution in [0.25, 0.3) is 0 Å². The molecule has 3 atom stereocenters. The zero-order valence-electron chi connectivity index (χ0n) is 13.5. The fraction of sp³-hybridized carbons (Fsp3) is 0.588. The molecule has 4 nitrogen and oxygen atoms in total. The number of ether oxygens (including phenoxy) is 1. The average molecular weight is 342 g/mol. The summed E-state index contributed by atoms with van der Waals surface area (Å²) in [5, 5.41) is 2.94. The lowest BCUT2D eigenvalue weighted by Gasteiger charge is -2.29. The van der Waals surface area contributed by atoms with E-state index in [0.29, 0.717) is 38.1 Å². The summed E-state index contributed by atoms with van der Waals surface area (Å²) in [7, 11) is 0. The number of carbonyl (C=O) groups excluding carboxylic acids is 1. The number of carbonyl (C=O) groups is 1. The van der Waals surface area contributed by atoms with E-state index in [1.165, 1.54) is 0 Å². The number of hydrogen-bond donors (Lipinski definition) is 1. The SMILES string of the molecule is CCN1CC[C@@H](NC(=O)[C@@H]2CCCO2)[C@H]1c1cc(F)c(F)c(F)c1. The Hall–Kier alpha value is -1.60. The van der Waals surface area contributed by atoms with Gasteiger partial charge in [0.2, 0.25) is 5.91 Å². The van der Waals surface area contributed by atoms with Crippen LogP contribution >= 0.6 is 0 Å². The van der Waals surface area contributed by atoms with Crippen molar-refractivity contribution in [1.82, 2.24) is 10.2 Å². The Balaban J connectivity index is 1.82. The van der Waals surface area contributed by atoms with Crippen molar-refractivity contribution in [2.45, 2.75) is 44.4 Å². The van der Waals surface area contributed by atoms with Crippen LogP contribution in [-0.4, -0.2) is 42.6 Å². The summed E-state index contributed by atoms with van der Waals surface area (Å²) in [5.41, 5.74) is 0.336. The summed E-state index contributed by atoms with van der Waals surface area (Å²) in [6.45, 7) is 3.87. The fourth-order valence-corrected chi connectivity index (χ4v) is 3.61. The molecule has 0 unspecified atom stereocenters. The second-order valence-corrected chi connectivity index (χ2v) is 6.28. The van der Waals surface area contributed by atoms with Gasteiger partial charge in [-0.25, -0.2) is 13.2 Å². The van der Waals surface area contributed by atoms with E-state index in [0.717, 1.165) is 18.6 Å². The van der Waals surface area contributed by atoms with Crippen molar-refractivity contribution in [1.29, 1.82) is 0 Å². The van der Waals surface area contributed by atoms with Crippen LogP contribution in [-0.2, 0) is 9.53 Å². The first-order valence-electron chi connectivity index (χ1n) is 8.31. The molecule has 0 bridgehead atoms. The van der Waals surface area contributed by atoms with E-state index in [1.807, 2.05) is 11.8 Å². The zero-order chi connectivity index (χ0) is 17.3. The molecule has 2 saturated heterocycles. The van der Waals surface area contributed by atoms with Crippen molar-refractivity contribution in [2.75, 3.05) is 19.7 Å². The van der Waals surface area contributed by atoms with Crippen LogP contribution in [0.1, 0.15) is 37.8 Å². The summed E-state index contributed by atoms with van der Waals surface area (Å²) in [6, 6.07) is 1.36. The molecule has 2 aliphatic heterocycles. The number of amides is 1. The Morgan fingerprint density at radius 1 is 1.29 bits per heavy atom. The number of likely N-dealkylation sites (tertiary alicyclic amines) is 1. The maximum absolute atomic E-state index is 13.6. The Morgan fingerprint density at radius 2 is 2.00 bits per heavy atom. The largest absolute Gasteiger partial charge is 0.368 e. The van der Waals surface area contributed by atoms with Crippen molar-refractivity contribution in [3.05, 3.63) is 35.1 Å². The highest BCUT2D eigenvalue weighted by Crippen LogP contribution is 2.33. The molecule has 1 aromatic carbocycles. The topological polar surface area (TPSA) is 41.6 Å². The summed E-state index contributed by atoms with van der Waals surface area (Å²) < 4.78 is 45.9. The van der Waals surface area contributed by atoms with Gasteiger partial charge in [0.25, 0.3) is 0 Å². The number of halogens is 3. The lowest BCUT2D eigenvalue weighted by Crippen LogP contribution is -2.44. The normalized spacial score (nSPS) is 27.6. The van der Waals surface area contributed by atoms with Crippen molar-refractivity contribution >= 4 is 5.91 Å². The van der Waals surface area contributed by atoms with Crippen molar-refractivity contribution < 1.29 is 22.7 Å². The van der Waals surface area contributed by atoms with E-state index in [9.17, 15) is 18.0 Å². The third kappa shape index (κ3) is 3.28. The number of hydrogen-bond acceptors (Lipinski definition) is 3. The molecule has 0 spiro atoms. The van der Waals surface area contributed by atoms with Crippen LogP contribution in [0.3, 0.4) is 0 Å². The van der Waals surface area contributed by atoms with Crippen LogP contribution in [0.5, 0.6) is 0 Å². The van der Waals surface area contributed by atoms with Gasteiger partial charge < -0.3 is 10.1 Å². The summed E-state index contributed by atoms with van der Waals surface area (Å²) in [5.74, 6) is -4.09. The van der Waals surface area contributed by atoms with Gasteiger partial charge in [-0.2, -0.15) is 0 Å². The second-order valence-electron chi connectivity index (χ2n) is 6.28. The van der Waals surface area contributed by atoms with Crippen molar-refractivity contribution in [3.8, 4) is 0 Å². The summed E-state index contributed by atoms with van der Waals surface area (Å²) >= 11 is 0. The predicted octanol–water partition coefficient (Wildman–Crippen LogP) is 2.53. The molecule has 0 aliphatic carbocycles. The molecule has 7 heteroatoms. The smallest absolute Gasteiger partial charge is 0.249 e. The van der Waals surface area contributed by atoms with Crippen LogP contribution in [0.2, 0.25) is 0 Å². The highest BCUT2D eigenvalue weighted by molar-refractivity contribution is 5.81. The van der Waals surface area contributed by atoms with Gasteiger partial charge in [-0.3, -0.25) is 9.69 Å². The van der Waals surface area contributed by atoms with E-state index in [4.69, 9.17) is 4.74 Å². The van der Waals surface area contributed by atoms with Crippen molar-refractivity contribution in [2.24, 2.45) is 0 Å². The van der Waals surface area contributed by atoms with Gasteiger partial charge in [-0.05, 0) is 43.5 Å². The molecule has 0 radical (unpaired) electrons. The van der Waals surface area contributed by atoms with Gasteiger partial charge in [0.15, 0.2) is 17.5 Å². The predicted molar refractivity (Wildman–Crippen MR) is 81.8 cm³/mol. The van der Waals surface area contributed by atoms with Crippen LogP contribution in [0.4, 0.5) is 13.2 Å². The van der Waals surface area contributed by atoms with E-state index in [1.54, 1.807) is 0 Å². The second kappa shape index (κ2) is 7.11. The maximum Gasteiger partial charge on any atom is 0.249 e. The third-order valence-electron chi connectivity index (χ3n) is 4.81. The highest BCUT2D eigenvalue weighted by Gasteiger charge is 2.37. The molecule has 24 heavy (non-hydrogen) atoms. The Kier molecular flexibility index (Phi) is 5.10. The zero-order valence-corrected chi connectivity index (χ0v) is 13.5. The molecule has 0 aromatic heterocycles. The van der Waals surface area contributed by atoms with Crippen LogP contribution in [0, 0.1) is 17.5 Å². The molecule has 2 heterocycles. The van der Waals surface area contributed by atoms with Gasteiger partial charge in [0.1, 0.15) is 6.10 Å². The lowest BCUT2D eigenvalue weighted by atomic mass is 9.99. The summed E-state index contributed by atoms with van der Waals surface area (Å²) in [4.78, 5) is 14.3. The Labute approximate surface area is 139 Å². The number of rotatable bonds is 4. The average Bonchev–Trinajstić information content (AvgIpc) is 3.21. The van der Waals surface area contributed by atoms with Crippen LogP contribution < -0.4 is 5.32 Å². The lowest BCUT2D eigenvalue weighted by molar-refractivity contribution is -0.131. The van der Waals surface area contributed by atoms with E-state index in [-0.39, 0.29) is 18.0 Å². The van der Waals surface area contributed by atoms with Gasteiger partial charge >= 0.3 is 0 Å². The molecule has 132 valence electrons. The first kappa shape index (κ1) is 17.2. The molecule has 0 saturated carbocycles. The van der Waals surface area contributed by atoms with Gasteiger partial charge in [0.05, 0.1) is 6.04 Å². The first-order valence-corrected chi connectivity index (χ1v) is 8.31. The van der Waals surface area contributed by atoms with E-state index < -0.39 is 23.6 Å². The standard InChI is InChI=1S/C17H21F3N2O2/c1-2-22-6-5-13(21-17(23)14-4-3-7-24-14)16(22)10-8-11(18)15(20)12(19)9-10/h8-9,13-14,16H,2-7H2,1H3,(H,21,23)/t13-,14+,16-/m1/s1.